The molecule has 1 aliphatic carbocycles. The van der Waals surface area contributed by atoms with Gasteiger partial charge >= 0.3 is 0 Å². The van der Waals surface area contributed by atoms with Crippen LogP contribution in [0.5, 0.6) is 0 Å². The third-order valence-corrected chi connectivity index (χ3v) is 4.48. The summed E-state index contributed by atoms with van der Waals surface area (Å²) in [5.74, 6) is -0.414. The molecule has 6 heteroatoms. The lowest BCUT2D eigenvalue weighted by molar-refractivity contribution is -0.0290. The molecule has 0 radical (unpaired) electrons. The molecule has 1 aliphatic rings. The molecule has 0 bridgehead atoms. The summed E-state index contributed by atoms with van der Waals surface area (Å²) in [5, 5.41) is 9.88. The minimum Gasteiger partial charge on any atom is -0.389 e. The van der Waals surface area contributed by atoms with E-state index in [9.17, 15) is 13.5 Å². The van der Waals surface area contributed by atoms with E-state index in [4.69, 9.17) is 4.55 Å². The third-order valence-electron chi connectivity index (χ3n) is 3.05. The highest BCUT2D eigenvalue weighted by atomic mass is 79.9. The Balaban J connectivity index is 2.01. The lowest BCUT2D eigenvalue weighted by Crippen LogP contribution is -2.47. The Morgan fingerprint density at radius 3 is 2.29 bits per heavy atom. The predicted octanol–water partition coefficient (Wildman–Crippen LogP) is 1.95. The molecule has 94 valence electrons. The number of halogens is 1. The number of aliphatic hydroxyl groups is 1. The van der Waals surface area contributed by atoms with Crippen LogP contribution in [0.2, 0.25) is 0 Å². The van der Waals surface area contributed by atoms with Crippen LogP contribution in [0, 0.1) is 0 Å². The van der Waals surface area contributed by atoms with Crippen LogP contribution >= 0.6 is 15.9 Å². The minimum absolute atomic E-state index is 0.162. The average molecular weight is 321 g/mol. The molecule has 2 N–H and O–H groups in total. The minimum atomic E-state index is -4.11. The summed E-state index contributed by atoms with van der Waals surface area (Å²) in [5.41, 5.74) is -0.195. The number of benzene rings is 1. The second-order valence-corrected chi connectivity index (χ2v) is 6.98. The highest BCUT2D eigenvalue weighted by Crippen LogP contribution is 2.45. The van der Waals surface area contributed by atoms with Crippen molar-refractivity contribution in [1.29, 1.82) is 0 Å². The van der Waals surface area contributed by atoms with Crippen LogP contribution in [-0.4, -0.2) is 29.4 Å². The summed E-state index contributed by atoms with van der Waals surface area (Å²) in [6.07, 6.45) is 0.739. The lowest BCUT2D eigenvalue weighted by Gasteiger charge is -2.43. The van der Waals surface area contributed by atoms with Crippen molar-refractivity contribution in [2.45, 2.75) is 24.4 Å². The first-order valence-corrected chi connectivity index (χ1v) is 7.61. The maximum Gasteiger partial charge on any atom is 0.267 e. The quantitative estimate of drug-likeness (QED) is 0.835. The maximum absolute atomic E-state index is 10.7. The molecule has 0 aliphatic heterocycles. The van der Waals surface area contributed by atoms with Gasteiger partial charge in [-0.2, -0.15) is 8.42 Å². The van der Waals surface area contributed by atoms with Crippen molar-refractivity contribution >= 4 is 26.0 Å². The van der Waals surface area contributed by atoms with Crippen molar-refractivity contribution in [3.8, 4) is 0 Å². The van der Waals surface area contributed by atoms with Gasteiger partial charge < -0.3 is 5.11 Å². The summed E-state index contributed by atoms with van der Waals surface area (Å²) < 4.78 is 31.1. The van der Waals surface area contributed by atoms with Crippen molar-refractivity contribution in [3.63, 3.8) is 0 Å². The molecule has 0 heterocycles. The first-order chi connectivity index (χ1) is 7.77. The van der Waals surface area contributed by atoms with Gasteiger partial charge in [-0.25, -0.2) is 0 Å². The van der Waals surface area contributed by atoms with Gasteiger partial charge in [0.15, 0.2) is 0 Å². The molecule has 0 saturated heterocycles. The zero-order chi connectivity index (χ0) is 12.7. The molecule has 17 heavy (non-hydrogen) atoms. The second kappa shape index (κ2) is 4.35. The van der Waals surface area contributed by atoms with Gasteiger partial charge in [-0.3, -0.25) is 4.55 Å². The summed E-state index contributed by atoms with van der Waals surface area (Å²) in [6.45, 7) is 0. The van der Waals surface area contributed by atoms with E-state index in [1.807, 2.05) is 24.3 Å². The smallest absolute Gasteiger partial charge is 0.267 e. The molecule has 0 atom stereocenters. The van der Waals surface area contributed by atoms with E-state index < -0.39 is 21.5 Å². The Hall–Kier alpha value is -0.430. The highest BCUT2D eigenvalue weighted by Gasteiger charge is 2.45. The van der Waals surface area contributed by atoms with E-state index >= 15 is 0 Å². The molecule has 1 aromatic rings. The largest absolute Gasteiger partial charge is 0.389 e. The van der Waals surface area contributed by atoms with Gasteiger partial charge in [0.25, 0.3) is 10.1 Å². The van der Waals surface area contributed by atoms with E-state index in [0.29, 0.717) is 12.8 Å². The molecule has 2 rings (SSSR count). The van der Waals surface area contributed by atoms with Gasteiger partial charge in [0, 0.05) is 4.47 Å². The molecule has 0 unspecified atom stereocenters. The van der Waals surface area contributed by atoms with Gasteiger partial charge in [0.05, 0.1) is 5.60 Å². The molecule has 0 aromatic heterocycles. The van der Waals surface area contributed by atoms with Crippen molar-refractivity contribution < 1.29 is 18.1 Å². The summed E-state index contributed by atoms with van der Waals surface area (Å²) in [7, 11) is -4.11. The summed E-state index contributed by atoms with van der Waals surface area (Å²) in [4.78, 5) is 0. The zero-order valence-corrected chi connectivity index (χ0v) is 11.4. The first kappa shape index (κ1) is 13.0. The molecule has 0 amide bonds. The highest BCUT2D eigenvalue weighted by molar-refractivity contribution is 9.10. The van der Waals surface area contributed by atoms with Crippen LogP contribution in [0.3, 0.4) is 0 Å². The van der Waals surface area contributed by atoms with Gasteiger partial charge in [0.2, 0.25) is 0 Å². The molecule has 4 nitrogen and oxygen atoms in total. The van der Waals surface area contributed by atoms with Gasteiger partial charge in [-0.15, -0.1) is 0 Å². The Morgan fingerprint density at radius 2 is 1.82 bits per heavy atom. The van der Waals surface area contributed by atoms with Gasteiger partial charge in [-0.1, -0.05) is 28.1 Å². The monoisotopic (exact) mass is 320 g/mol. The van der Waals surface area contributed by atoms with E-state index in [2.05, 4.69) is 15.9 Å². The van der Waals surface area contributed by atoms with Gasteiger partial charge in [0.1, 0.15) is 5.75 Å². The van der Waals surface area contributed by atoms with E-state index in [0.717, 1.165) is 10.0 Å². The van der Waals surface area contributed by atoms with Crippen molar-refractivity contribution in [3.05, 3.63) is 34.3 Å². The Morgan fingerprint density at radius 1 is 1.29 bits per heavy atom. The summed E-state index contributed by atoms with van der Waals surface area (Å²) >= 11 is 3.33. The van der Waals surface area contributed by atoms with Crippen LogP contribution in [0.1, 0.15) is 24.3 Å². The van der Waals surface area contributed by atoms with Crippen molar-refractivity contribution in [2.75, 3.05) is 5.75 Å². The van der Waals surface area contributed by atoms with E-state index in [-0.39, 0.29) is 5.92 Å². The first-order valence-electron chi connectivity index (χ1n) is 5.20. The van der Waals surface area contributed by atoms with Crippen LogP contribution in [0.15, 0.2) is 28.7 Å². The Labute approximate surface area is 109 Å². The Bertz CT molecular complexity index is 503. The fraction of sp³-hybridized carbons (Fsp3) is 0.455. The number of hydrogen-bond acceptors (Lipinski definition) is 3. The topological polar surface area (TPSA) is 74.6 Å². The maximum atomic E-state index is 10.7. The molecule has 1 aromatic carbocycles. The average Bonchev–Trinajstić information content (AvgIpc) is 2.12. The number of hydrogen-bond donors (Lipinski definition) is 2. The standard InChI is InChI=1S/C11H13BrO4S/c12-10-3-1-8(2-4-10)9-5-11(13,6-9)7-17(14,15)16/h1-4,9,13H,5-7H2,(H,14,15,16). The van der Waals surface area contributed by atoms with E-state index in [1.54, 1.807) is 0 Å². The predicted molar refractivity (Wildman–Crippen MR) is 67.5 cm³/mol. The molecule has 1 fully saturated rings. The normalized spacial score (nSPS) is 28.8. The van der Waals surface area contributed by atoms with Gasteiger partial charge in [-0.05, 0) is 36.5 Å². The molecule has 1 saturated carbocycles. The lowest BCUT2D eigenvalue weighted by atomic mass is 9.69. The summed E-state index contributed by atoms with van der Waals surface area (Å²) in [6, 6.07) is 7.72. The third kappa shape index (κ3) is 3.28. The Kier molecular flexibility index (Phi) is 3.33. The van der Waals surface area contributed by atoms with Crippen LogP contribution in [-0.2, 0) is 10.1 Å². The fourth-order valence-electron chi connectivity index (χ4n) is 2.29. The van der Waals surface area contributed by atoms with Crippen LogP contribution in [0.25, 0.3) is 0 Å². The second-order valence-electron chi connectivity index (χ2n) is 4.61. The zero-order valence-electron chi connectivity index (χ0n) is 9.01. The molecular weight excluding hydrogens is 308 g/mol. The molecule has 0 spiro atoms. The SMILES string of the molecule is O=S(=O)(O)CC1(O)CC(c2ccc(Br)cc2)C1. The van der Waals surface area contributed by atoms with E-state index in [1.165, 1.54) is 0 Å². The fourth-order valence-corrected chi connectivity index (χ4v) is 3.46. The van der Waals surface area contributed by atoms with Crippen LogP contribution < -0.4 is 0 Å². The van der Waals surface area contributed by atoms with Crippen molar-refractivity contribution in [1.82, 2.24) is 0 Å². The molecular formula is C11H13BrO4S. The number of rotatable bonds is 3. The van der Waals surface area contributed by atoms with Crippen molar-refractivity contribution in [2.24, 2.45) is 0 Å². The van der Waals surface area contributed by atoms with Crippen LogP contribution in [0.4, 0.5) is 0 Å².